The third-order valence-corrected chi connectivity index (χ3v) is 4.61. The van der Waals surface area contributed by atoms with Crippen molar-refractivity contribution in [2.45, 2.75) is 39.2 Å². The number of benzene rings is 2. The van der Waals surface area contributed by atoms with Crippen LogP contribution in [0.15, 0.2) is 42.5 Å². The van der Waals surface area contributed by atoms with Crippen molar-refractivity contribution in [3.05, 3.63) is 70.3 Å². The van der Waals surface area contributed by atoms with E-state index in [2.05, 4.69) is 68.6 Å². The number of rotatable bonds is 4. The largest absolute Gasteiger partial charge is 0.310 e. The standard InChI is InChI=1S/C19H23N/c1-4-20-19(16-10-9-13(2)14(3)11-16)18-12-15-7-5-6-8-17(15)18/h5-11,18-20H,4,12H2,1-3H3. The summed E-state index contributed by atoms with van der Waals surface area (Å²) in [7, 11) is 0. The van der Waals surface area contributed by atoms with Gasteiger partial charge in [-0.05, 0) is 54.6 Å². The monoisotopic (exact) mass is 265 g/mol. The van der Waals surface area contributed by atoms with Crippen LogP contribution in [-0.4, -0.2) is 6.54 Å². The third-order valence-electron chi connectivity index (χ3n) is 4.61. The summed E-state index contributed by atoms with van der Waals surface area (Å²) in [6.45, 7) is 7.59. The fourth-order valence-electron chi connectivity index (χ4n) is 3.27. The molecule has 0 heterocycles. The lowest BCUT2D eigenvalue weighted by atomic mass is 9.71. The summed E-state index contributed by atoms with van der Waals surface area (Å²) in [5, 5.41) is 3.69. The second-order valence-electron chi connectivity index (χ2n) is 5.89. The Kier molecular flexibility index (Phi) is 3.62. The molecule has 2 atom stereocenters. The molecule has 2 aromatic rings. The molecular weight excluding hydrogens is 242 g/mol. The van der Waals surface area contributed by atoms with Crippen molar-refractivity contribution in [3.8, 4) is 0 Å². The maximum Gasteiger partial charge on any atom is 0.0392 e. The molecule has 1 heteroatoms. The molecule has 1 N–H and O–H groups in total. The van der Waals surface area contributed by atoms with Crippen LogP contribution in [0, 0.1) is 13.8 Å². The molecular formula is C19H23N. The van der Waals surface area contributed by atoms with E-state index in [9.17, 15) is 0 Å². The smallest absolute Gasteiger partial charge is 0.0392 e. The summed E-state index contributed by atoms with van der Waals surface area (Å²) in [6, 6.07) is 16.2. The van der Waals surface area contributed by atoms with E-state index in [1.54, 1.807) is 0 Å². The number of likely N-dealkylation sites (N-methyl/N-ethyl adjacent to an activating group) is 1. The molecule has 0 radical (unpaired) electrons. The van der Waals surface area contributed by atoms with E-state index in [4.69, 9.17) is 0 Å². The summed E-state index contributed by atoms with van der Waals surface area (Å²) in [5.41, 5.74) is 7.23. The summed E-state index contributed by atoms with van der Waals surface area (Å²) in [6.07, 6.45) is 1.20. The second-order valence-corrected chi connectivity index (χ2v) is 5.89. The van der Waals surface area contributed by atoms with Crippen molar-refractivity contribution in [2.75, 3.05) is 6.54 Å². The molecule has 1 aliphatic rings. The minimum absolute atomic E-state index is 0.439. The summed E-state index contributed by atoms with van der Waals surface area (Å²) in [4.78, 5) is 0. The second kappa shape index (κ2) is 5.41. The van der Waals surface area contributed by atoms with Crippen LogP contribution < -0.4 is 5.32 Å². The lowest BCUT2D eigenvalue weighted by Gasteiger charge is -2.37. The molecule has 0 spiro atoms. The predicted molar refractivity (Wildman–Crippen MR) is 85.2 cm³/mol. The van der Waals surface area contributed by atoms with Gasteiger partial charge in [0.05, 0.1) is 0 Å². The maximum absolute atomic E-state index is 3.69. The fraction of sp³-hybridized carbons (Fsp3) is 0.368. The van der Waals surface area contributed by atoms with Gasteiger partial charge in [-0.3, -0.25) is 0 Å². The number of aryl methyl sites for hydroxylation is 2. The van der Waals surface area contributed by atoms with Crippen LogP contribution in [-0.2, 0) is 6.42 Å². The molecule has 0 amide bonds. The van der Waals surface area contributed by atoms with Crippen molar-refractivity contribution >= 4 is 0 Å². The van der Waals surface area contributed by atoms with Gasteiger partial charge in [-0.25, -0.2) is 0 Å². The maximum atomic E-state index is 3.69. The topological polar surface area (TPSA) is 12.0 Å². The number of nitrogens with one attached hydrogen (secondary N) is 1. The summed E-state index contributed by atoms with van der Waals surface area (Å²) in [5.74, 6) is 0.619. The molecule has 1 nitrogen and oxygen atoms in total. The van der Waals surface area contributed by atoms with Gasteiger partial charge in [-0.1, -0.05) is 49.4 Å². The highest BCUT2D eigenvalue weighted by Crippen LogP contribution is 2.43. The Balaban J connectivity index is 1.92. The Morgan fingerprint density at radius 2 is 1.90 bits per heavy atom. The number of fused-ring (bicyclic) bond motifs is 1. The van der Waals surface area contributed by atoms with Crippen molar-refractivity contribution in [2.24, 2.45) is 0 Å². The van der Waals surface area contributed by atoms with E-state index in [1.807, 2.05) is 0 Å². The van der Waals surface area contributed by atoms with Gasteiger partial charge in [0.25, 0.3) is 0 Å². The lowest BCUT2D eigenvalue weighted by molar-refractivity contribution is 0.419. The van der Waals surface area contributed by atoms with E-state index in [1.165, 1.54) is 34.2 Å². The first-order valence-electron chi connectivity index (χ1n) is 7.59. The van der Waals surface area contributed by atoms with Crippen LogP contribution >= 0.6 is 0 Å². The molecule has 3 rings (SSSR count). The van der Waals surface area contributed by atoms with Crippen LogP contribution in [0.2, 0.25) is 0 Å². The zero-order valence-corrected chi connectivity index (χ0v) is 12.6. The SMILES string of the molecule is CCNC(c1ccc(C)c(C)c1)C1Cc2ccccc21. The molecule has 0 aliphatic heterocycles. The van der Waals surface area contributed by atoms with E-state index < -0.39 is 0 Å². The lowest BCUT2D eigenvalue weighted by Crippen LogP contribution is -2.33. The quantitative estimate of drug-likeness (QED) is 0.869. The zero-order chi connectivity index (χ0) is 14.1. The Morgan fingerprint density at radius 3 is 2.60 bits per heavy atom. The highest BCUT2D eigenvalue weighted by molar-refractivity contribution is 5.44. The van der Waals surface area contributed by atoms with Crippen LogP contribution in [0.25, 0.3) is 0 Å². The molecule has 0 saturated carbocycles. The van der Waals surface area contributed by atoms with Crippen LogP contribution in [0.4, 0.5) is 0 Å². The normalized spacial score (nSPS) is 18.2. The van der Waals surface area contributed by atoms with Gasteiger partial charge in [0.2, 0.25) is 0 Å². The minimum Gasteiger partial charge on any atom is -0.310 e. The van der Waals surface area contributed by atoms with Gasteiger partial charge in [-0.2, -0.15) is 0 Å². The third kappa shape index (κ3) is 2.27. The molecule has 20 heavy (non-hydrogen) atoms. The van der Waals surface area contributed by atoms with Gasteiger partial charge in [0, 0.05) is 12.0 Å². The molecule has 0 saturated heterocycles. The summed E-state index contributed by atoms with van der Waals surface area (Å²) >= 11 is 0. The van der Waals surface area contributed by atoms with E-state index in [0.29, 0.717) is 12.0 Å². The molecule has 1 aliphatic carbocycles. The van der Waals surface area contributed by atoms with Gasteiger partial charge in [-0.15, -0.1) is 0 Å². The highest BCUT2D eigenvalue weighted by atomic mass is 14.9. The van der Waals surface area contributed by atoms with E-state index >= 15 is 0 Å². The Bertz CT molecular complexity index is 615. The van der Waals surface area contributed by atoms with Crippen LogP contribution in [0.1, 0.15) is 46.7 Å². The van der Waals surface area contributed by atoms with Gasteiger partial charge in [0.15, 0.2) is 0 Å². The van der Waals surface area contributed by atoms with Crippen molar-refractivity contribution < 1.29 is 0 Å². The van der Waals surface area contributed by atoms with E-state index in [0.717, 1.165) is 6.54 Å². The zero-order valence-electron chi connectivity index (χ0n) is 12.6. The number of hydrogen-bond donors (Lipinski definition) is 1. The van der Waals surface area contributed by atoms with Crippen LogP contribution in [0.5, 0.6) is 0 Å². The highest BCUT2D eigenvalue weighted by Gasteiger charge is 2.33. The first-order valence-corrected chi connectivity index (χ1v) is 7.59. The average molecular weight is 265 g/mol. The molecule has 2 aromatic carbocycles. The summed E-state index contributed by atoms with van der Waals surface area (Å²) < 4.78 is 0. The first-order chi connectivity index (χ1) is 9.70. The minimum atomic E-state index is 0.439. The molecule has 0 fully saturated rings. The molecule has 0 aromatic heterocycles. The van der Waals surface area contributed by atoms with Gasteiger partial charge >= 0.3 is 0 Å². The Morgan fingerprint density at radius 1 is 1.10 bits per heavy atom. The molecule has 104 valence electrons. The van der Waals surface area contributed by atoms with Crippen LogP contribution in [0.3, 0.4) is 0 Å². The van der Waals surface area contributed by atoms with E-state index in [-0.39, 0.29) is 0 Å². The van der Waals surface area contributed by atoms with Gasteiger partial charge in [0.1, 0.15) is 0 Å². The van der Waals surface area contributed by atoms with Crippen molar-refractivity contribution in [1.82, 2.24) is 5.32 Å². The van der Waals surface area contributed by atoms with Crippen molar-refractivity contribution in [3.63, 3.8) is 0 Å². The average Bonchev–Trinajstić information content (AvgIpc) is 2.42. The fourth-order valence-corrected chi connectivity index (χ4v) is 3.27. The molecule has 2 unspecified atom stereocenters. The predicted octanol–water partition coefficient (Wildman–Crippen LogP) is 4.29. The van der Waals surface area contributed by atoms with Gasteiger partial charge < -0.3 is 5.32 Å². The molecule has 0 bridgehead atoms. The Labute approximate surface area is 122 Å². The Hall–Kier alpha value is -1.60. The first kappa shape index (κ1) is 13.4. The number of hydrogen-bond acceptors (Lipinski definition) is 1. The van der Waals surface area contributed by atoms with Crippen molar-refractivity contribution in [1.29, 1.82) is 0 Å².